The minimum absolute atomic E-state index is 0. The molecule has 0 aliphatic carbocycles. The molecule has 1 aliphatic heterocycles. The third kappa shape index (κ3) is 4.49. The molecule has 2 aromatic rings. The Kier molecular flexibility index (Phi) is 6.63. The van der Waals surface area contributed by atoms with Gasteiger partial charge in [-0.25, -0.2) is 0 Å². The Morgan fingerprint density at radius 3 is 2.79 bits per heavy atom. The van der Waals surface area contributed by atoms with Crippen molar-refractivity contribution in [3.8, 4) is 5.75 Å². The Balaban J connectivity index is 0.00000208. The van der Waals surface area contributed by atoms with Gasteiger partial charge in [0.05, 0.1) is 25.4 Å². The first-order valence-corrected chi connectivity index (χ1v) is 7.91. The number of carbonyl (C=O) groups excluding carboxylic acids is 1. The van der Waals surface area contributed by atoms with E-state index in [1.54, 1.807) is 18.0 Å². The van der Waals surface area contributed by atoms with Crippen molar-refractivity contribution in [2.75, 3.05) is 33.3 Å². The van der Waals surface area contributed by atoms with Gasteiger partial charge < -0.3 is 15.0 Å². The maximum absolute atomic E-state index is 12.5. The summed E-state index contributed by atoms with van der Waals surface area (Å²) >= 11 is 0. The van der Waals surface area contributed by atoms with Crippen molar-refractivity contribution in [3.05, 3.63) is 47.8 Å². The molecule has 1 saturated heterocycles. The van der Waals surface area contributed by atoms with Crippen LogP contribution in [0.2, 0.25) is 0 Å². The van der Waals surface area contributed by atoms with Crippen molar-refractivity contribution in [3.63, 3.8) is 0 Å². The van der Waals surface area contributed by atoms with Crippen LogP contribution in [-0.2, 0) is 6.54 Å². The van der Waals surface area contributed by atoms with E-state index in [0.717, 1.165) is 43.9 Å². The number of methoxy groups -OCH3 is 1. The number of nitrogens with one attached hydrogen (secondary N) is 1. The van der Waals surface area contributed by atoms with Gasteiger partial charge in [-0.2, -0.15) is 5.10 Å². The predicted octanol–water partition coefficient (Wildman–Crippen LogP) is 1.80. The van der Waals surface area contributed by atoms with Crippen LogP contribution < -0.4 is 10.1 Å². The topological polar surface area (TPSA) is 59.4 Å². The van der Waals surface area contributed by atoms with Gasteiger partial charge in [-0.05, 0) is 30.7 Å². The van der Waals surface area contributed by atoms with E-state index in [9.17, 15) is 4.79 Å². The summed E-state index contributed by atoms with van der Waals surface area (Å²) in [6.07, 6.45) is 4.47. The van der Waals surface area contributed by atoms with Crippen LogP contribution in [-0.4, -0.2) is 53.9 Å². The number of nitrogens with zero attached hydrogens (tertiary/aromatic N) is 3. The molecule has 1 aromatic heterocycles. The SMILES string of the molecule is COc1ccc(Cn2cc(C(=O)N3CCCNCC3)cn2)cc1.Cl. The zero-order valence-electron chi connectivity index (χ0n) is 13.8. The highest BCUT2D eigenvalue weighted by molar-refractivity contribution is 5.93. The highest BCUT2D eigenvalue weighted by atomic mass is 35.5. The van der Waals surface area contributed by atoms with Gasteiger partial charge in [-0.1, -0.05) is 12.1 Å². The summed E-state index contributed by atoms with van der Waals surface area (Å²) in [5.74, 6) is 0.898. The number of carbonyl (C=O) groups is 1. The van der Waals surface area contributed by atoms with Crippen LogP contribution in [0.3, 0.4) is 0 Å². The highest BCUT2D eigenvalue weighted by Crippen LogP contribution is 2.13. The lowest BCUT2D eigenvalue weighted by Crippen LogP contribution is -2.33. The normalized spacial score (nSPS) is 14.6. The molecule has 0 saturated carbocycles. The average Bonchev–Trinajstić information content (AvgIpc) is 2.87. The standard InChI is InChI=1S/C17H22N4O2.ClH/c1-23-16-5-3-14(4-6-16)12-21-13-15(11-19-21)17(22)20-9-2-7-18-8-10-20;/h3-6,11,13,18H,2,7-10,12H2,1H3;1H. The van der Waals surface area contributed by atoms with Gasteiger partial charge in [0.2, 0.25) is 0 Å². The van der Waals surface area contributed by atoms with Gasteiger partial charge in [-0.15, -0.1) is 12.4 Å². The molecule has 0 radical (unpaired) electrons. The fourth-order valence-electron chi connectivity index (χ4n) is 2.71. The molecule has 7 heteroatoms. The van der Waals surface area contributed by atoms with Gasteiger partial charge >= 0.3 is 0 Å². The molecule has 1 aromatic carbocycles. The van der Waals surface area contributed by atoms with Crippen LogP contribution >= 0.6 is 12.4 Å². The molecule has 1 N–H and O–H groups in total. The number of aromatic nitrogens is 2. The van der Waals surface area contributed by atoms with Crippen molar-refractivity contribution in [2.45, 2.75) is 13.0 Å². The lowest BCUT2D eigenvalue weighted by atomic mass is 10.2. The molecule has 0 unspecified atom stereocenters. The van der Waals surface area contributed by atoms with Crippen LogP contribution in [0.5, 0.6) is 5.75 Å². The molecule has 1 amide bonds. The molecule has 130 valence electrons. The van der Waals surface area contributed by atoms with E-state index in [4.69, 9.17) is 4.74 Å². The number of amides is 1. The fourth-order valence-corrected chi connectivity index (χ4v) is 2.71. The zero-order valence-corrected chi connectivity index (χ0v) is 14.6. The molecule has 1 aliphatic rings. The van der Waals surface area contributed by atoms with Gasteiger partial charge in [0.15, 0.2) is 0 Å². The van der Waals surface area contributed by atoms with E-state index in [0.29, 0.717) is 12.1 Å². The number of hydrogen-bond donors (Lipinski definition) is 1. The maximum atomic E-state index is 12.5. The van der Waals surface area contributed by atoms with Crippen LogP contribution in [0.4, 0.5) is 0 Å². The Morgan fingerprint density at radius 2 is 2.04 bits per heavy atom. The monoisotopic (exact) mass is 350 g/mol. The molecular formula is C17H23ClN4O2. The van der Waals surface area contributed by atoms with Crippen molar-refractivity contribution in [2.24, 2.45) is 0 Å². The van der Waals surface area contributed by atoms with Crippen LogP contribution in [0.25, 0.3) is 0 Å². The number of hydrogen-bond acceptors (Lipinski definition) is 4. The predicted molar refractivity (Wildman–Crippen MR) is 95.0 cm³/mol. The number of rotatable bonds is 4. The van der Waals surface area contributed by atoms with Gasteiger partial charge in [0.25, 0.3) is 5.91 Å². The number of ether oxygens (including phenoxy) is 1. The summed E-state index contributed by atoms with van der Waals surface area (Å²) in [4.78, 5) is 14.4. The third-order valence-corrected chi connectivity index (χ3v) is 4.01. The number of halogens is 1. The lowest BCUT2D eigenvalue weighted by Gasteiger charge is -2.18. The van der Waals surface area contributed by atoms with Crippen LogP contribution in [0, 0.1) is 0 Å². The summed E-state index contributed by atoms with van der Waals surface area (Å²) in [5.41, 5.74) is 1.77. The molecule has 3 rings (SSSR count). The van der Waals surface area contributed by atoms with Crippen molar-refractivity contribution in [1.82, 2.24) is 20.0 Å². The van der Waals surface area contributed by atoms with Gasteiger partial charge in [-0.3, -0.25) is 9.48 Å². The largest absolute Gasteiger partial charge is 0.497 e. The first-order valence-electron chi connectivity index (χ1n) is 7.91. The molecule has 2 heterocycles. The Morgan fingerprint density at radius 1 is 1.25 bits per heavy atom. The number of benzene rings is 1. The van der Waals surface area contributed by atoms with E-state index in [-0.39, 0.29) is 18.3 Å². The molecule has 0 atom stereocenters. The highest BCUT2D eigenvalue weighted by Gasteiger charge is 2.18. The Hall–Kier alpha value is -2.05. The summed E-state index contributed by atoms with van der Waals surface area (Å²) < 4.78 is 6.95. The Bertz CT molecular complexity index is 649. The smallest absolute Gasteiger partial charge is 0.257 e. The third-order valence-electron chi connectivity index (χ3n) is 4.01. The lowest BCUT2D eigenvalue weighted by molar-refractivity contribution is 0.0766. The average molecular weight is 351 g/mol. The van der Waals surface area contributed by atoms with Crippen LogP contribution in [0.15, 0.2) is 36.7 Å². The second kappa shape index (κ2) is 8.70. The molecule has 0 bridgehead atoms. The fraction of sp³-hybridized carbons (Fsp3) is 0.412. The first kappa shape index (κ1) is 18.3. The van der Waals surface area contributed by atoms with E-state index in [1.807, 2.05) is 35.4 Å². The summed E-state index contributed by atoms with van der Waals surface area (Å²) in [7, 11) is 1.65. The van der Waals surface area contributed by atoms with Crippen LogP contribution in [0.1, 0.15) is 22.3 Å². The summed E-state index contributed by atoms with van der Waals surface area (Å²) in [5, 5.41) is 7.62. The van der Waals surface area contributed by atoms with E-state index >= 15 is 0 Å². The maximum Gasteiger partial charge on any atom is 0.257 e. The van der Waals surface area contributed by atoms with Crippen molar-refractivity contribution < 1.29 is 9.53 Å². The second-order valence-electron chi connectivity index (χ2n) is 5.67. The second-order valence-corrected chi connectivity index (χ2v) is 5.67. The zero-order chi connectivity index (χ0) is 16.1. The van der Waals surface area contributed by atoms with Gasteiger partial charge in [0.1, 0.15) is 5.75 Å². The van der Waals surface area contributed by atoms with E-state index < -0.39 is 0 Å². The van der Waals surface area contributed by atoms with Crippen molar-refractivity contribution >= 4 is 18.3 Å². The Labute approximate surface area is 148 Å². The van der Waals surface area contributed by atoms with Crippen molar-refractivity contribution in [1.29, 1.82) is 0 Å². The summed E-state index contributed by atoms with van der Waals surface area (Å²) in [6.45, 7) is 4.02. The molecular weight excluding hydrogens is 328 g/mol. The molecule has 0 spiro atoms. The summed E-state index contributed by atoms with van der Waals surface area (Å²) in [6, 6.07) is 7.86. The van der Waals surface area contributed by atoms with E-state index in [1.165, 1.54) is 0 Å². The minimum Gasteiger partial charge on any atom is -0.497 e. The molecule has 6 nitrogen and oxygen atoms in total. The minimum atomic E-state index is 0. The van der Waals surface area contributed by atoms with E-state index in [2.05, 4.69) is 10.4 Å². The quantitative estimate of drug-likeness (QED) is 0.913. The van der Waals surface area contributed by atoms with Gasteiger partial charge in [0, 0.05) is 25.8 Å². The first-order chi connectivity index (χ1) is 11.3. The molecule has 1 fully saturated rings. The molecule has 24 heavy (non-hydrogen) atoms.